The highest BCUT2D eigenvalue weighted by Gasteiger charge is 2.38. The Morgan fingerprint density at radius 1 is 0.949 bits per heavy atom. The minimum absolute atomic E-state index is 0.193. The number of carbonyl (C=O) groups excluding carboxylic acids is 3. The first kappa shape index (κ1) is 27.8. The molecule has 0 fully saturated rings. The quantitative estimate of drug-likeness (QED) is 0.211. The largest absolute Gasteiger partial charge is 0.463 e. The molecule has 0 saturated carbocycles. The molecule has 1 heterocycles. The molecule has 8 nitrogen and oxygen atoms in total. The van der Waals surface area contributed by atoms with E-state index in [1.807, 2.05) is 73.8 Å². The summed E-state index contributed by atoms with van der Waals surface area (Å²) < 4.78 is 5.47. The Morgan fingerprint density at radius 2 is 1.67 bits per heavy atom. The van der Waals surface area contributed by atoms with E-state index in [4.69, 9.17) is 4.74 Å². The van der Waals surface area contributed by atoms with Crippen molar-refractivity contribution in [3.63, 3.8) is 0 Å². The summed E-state index contributed by atoms with van der Waals surface area (Å²) in [5.74, 6) is -0.507. The summed E-state index contributed by atoms with van der Waals surface area (Å²) in [6, 6.07) is 22.5. The number of hydrogen-bond donors (Lipinski definition) is 3. The Balaban J connectivity index is 1.69. The van der Waals surface area contributed by atoms with Crippen molar-refractivity contribution < 1.29 is 19.1 Å². The second-order valence-corrected chi connectivity index (χ2v) is 9.70. The van der Waals surface area contributed by atoms with Crippen molar-refractivity contribution in [1.29, 1.82) is 0 Å². The maximum Gasteiger partial charge on any atom is 0.338 e. The van der Waals surface area contributed by atoms with Gasteiger partial charge in [0, 0.05) is 22.8 Å². The molecule has 0 aromatic heterocycles. The summed E-state index contributed by atoms with van der Waals surface area (Å²) in [5, 5.41) is 8.65. The Kier molecular flexibility index (Phi) is 9.27. The van der Waals surface area contributed by atoms with Gasteiger partial charge in [-0.3, -0.25) is 4.90 Å². The topological polar surface area (TPSA) is 99.8 Å². The molecule has 4 amide bonds. The molecule has 0 aliphatic carbocycles. The number of nitrogens with one attached hydrogen (secondary N) is 3. The van der Waals surface area contributed by atoms with Gasteiger partial charge < -0.3 is 20.7 Å². The molecule has 1 aliphatic rings. The summed E-state index contributed by atoms with van der Waals surface area (Å²) in [6.45, 7) is 4.35. The van der Waals surface area contributed by atoms with E-state index >= 15 is 0 Å². The molecule has 0 radical (unpaired) electrons. The van der Waals surface area contributed by atoms with E-state index in [9.17, 15) is 14.4 Å². The van der Waals surface area contributed by atoms with E-state index in [1.54, 1.807) is 41.8 Å². The average molecular weight is 545 g/mol. The summed E-state index contributed by atoms with van der Waals surface area (Å²) in [7, 11) is 0. The Labute approximate surface area is 232 Å². The number of nitrogens with zero attached hydrogens (tertiary/aromatic N) is 1. The number of carbonyl (C=O) groups is 3. The van der Waals surface area contributed by atoms with Gasteiger partial charge in [0.15, 0.2) is 0 Å². The SMILES string of the molecule is CCCN1C(=O)NC(c2cccc(NC(=O)Nc3ccc(SC)cc3)c2)C(C(=O)OCC)=C1c1ccccc1. The average Bonchev–Trinajstić information content (AvgIpc) is 2.95. The number of urea groups is 2. The van der Waals surface area contributed by atoms with Crippen LogP contribution in [0.3, 0.4) is 0 Å². The van der Waals surface area contributed by atoms with Crippen molar-refractivity contribution in [2.45, 2.75) is 31.2 Å². The van der Waals surface area contributed by atoms with Crippen molar-refractivity contribution in [2.75, 3.05) is 30.0 Å². The molecular formula is C30H32N4O4S. The Morgan fingerprint density at radius 3 is 2.33 bits per heavy atom. The van der Waals surface area contributed by atoms with Crippen molar-refractivity contribution in [2.24, 2.45) is 0 Å². The molecular weight excluding hydrogens is 512 g/mol. The summed E-state index contributed by atoms with van der Waals surface area (Å²) in [5.41, 5.74) is 3.42. The Hall–Kier alpha value is -4.24. The van der Waals surface area contributed by atoms with Gasteiger partial charge in [-0.1, -0.05) is 49.4 Å². The molecule has 3 aromatic rings. The smallest absolute Gasteiger partial charge is 0.338 e. The molecule has 3 aromatic carbocycles. The molecule has 3 N–H and O–H groups in total. The van der Waals surface area contributed by atoms with Crippen LogP contribution in [0.15, 0.2) is 89.3 Å². The minimum atomic E-state index is -0.774. The monoisotopic (exact) mass is 544 g/mol. The predicted molar refractivity (Wildman–Crippen MR) is 156 cm³/mol. The lowest BCUT2D eigenvalue weighted by molar-refractivity contribution is -0.138. The summed E-state index contributed by atoms with van der Waals surface area (Å²) in [4.78, 5) is 42.1. The Bertz CT molecular complexity index is 1360. The number of thioether (sulfide) groups is 1. The third kappa shape index (κ3) is 6.61. The van der Waals surface area contributed by atoms with Crippen LogP contribution in [0.2, 0.25) is 0 Å². The van der Waals surface area contributed by atoms with Crippen LogP contribution in [0.25, 0.3) is 5.70 Å². The van der Waals surface area contributed by atoms with Crippen LogP contribution in [0.4, 0.5) is 21.0 Å². The van der Waals surface area contributed by atoms with Crippen LogP contribution in [0.1, 0.15) is 37.4 Å². The number of ether oxygens (including phenoxy) is 1. The van der Waals surface area contributed by atoms with E-state index in [0.717, 1.165) is 10.5 Å². The molecule has 1 unspecified atom stereocenters. The van der Waals surface area contributed by atoms with Crippen LogP contribution in [-0.4, -0.2) is 42.3 Å². The van der Waals surface area contributed by atoms with E-state index in [1.165, 1.54) is 0 Å². The molecule has 9 heteroatoms. The molecule has 1 atom stereocenters. The second-order valence-electron chi connectivity index (χ2n) is 8.82. The highest BCUT2D eigenvalue weighted by atomic mass is 32.2. The number of rotatable bonds is 9. The van der Waals surface area contributed by atoms with E-state index < -0.39 is 18.0 Å². The molecule has 0 saturated heterocycles. The van der Waals surface area contributed by atoms with E-state index in [2.05, 4.69) is 16.0 Å². The number of esters is 1. The van der Waals surface area contributed by atoms with Crippen LogP contribution >= 0.6 is 11.8 Å². The van der Waals surface area contributed by atoms with Crippen LogP contribution in [0, 0.1) is 0 Å². The van der Waals surface area contributed by atoms with E-state index in [0.29, 0.717) is 41.2 Å². The standard InChI is InChI=1S/C30H32N4O4S/c1-4-18-34-27(20-10-7-6-8-11-20)25(28(35)38-5-2)26(33-30(34)37)21-12-9-13-23(19-21)32-29(36)31-22-14-16-24(39-3)17-15-22/h6-17,19,26H,4-5,18H2,1-3H3,(H,33,37)(H2,31,32,36). The van der Waals surface area contributed by atoms with Gasteiger partial charge in [-0.15, -0.1) is 11.8 Å². The van der Waals surface area contributed by atoms with Gasteiger partial charge in [0.05, 0.1) is 23.9 Å². The third-order valence-electron chi connectivity index (χ3n) is 6.14. The van der Waals surface area contributed by atoms with Crippen LogP contribution < -0.4 is 16.0 Å². The van der Waals surface area contributed by atoms with Gasteiger partial charge >= 0.3 is 18.0 Å². The fraction of sp³-hybridized carbons (Fsp3) is 0.233. The molecule has 4 rings (SSSR count). The predicted octanol–water partition coefficient (Wildman–Crippen LogP) is 6.50. The number of benzene rings is 3. The normalized spacial score (nSPS) is 15.0. The molecule has 202 valence electrons. The second kappa shape index (κ2) is 13.0. The van der Waals surface area contributed by atoms with Gasteiger partial charge in [-0.2, -0.15) is 0 Å². The molecule has 39 heavy (non-hydrogen) atoms. The van der Waals surface area contributed by atoms with Crippen LogP contribution in [-0.2, 0) is 9.53 Å². The van der Waals surface area contributed by atoms with Gasteiger partial charge in [-0.05, 0) is 67.1 Å². The maximum atomic E-state index is 13.4. The fourth-order valence-electron chi connectivity index (χ4n) is 4.44. The number of anilines is 2. The third-order valence-corrected chi connectivity index (χ3v) is 6.89. The van der Waals surface area contributed by atoms with Crippen molar-refractivity contribution in [3.05, 3.63) is 95.6 Å². The maximum absolute atomic E-state index is 13.4. The van der Waals surface area contributed by atoms with Crippen LogP contribution in [0.5, 0.6) is 0 Å². The highest BCUT2D eigenvalue weighted by Crippen LogP contribution is 2.37. The van der Waals surface area contributed by atoms with Gasteiger partial charge in [-0.25, -0.2) is 14.4 Å². The first-order valence-corrected chi connectivity index (χ1v) is 14.0. The first-order chi connectivity index (χ1) is 18.9. The number of amides is 4. The van der Waals surface area contributed by atoms with Gasteiger partial charge in [0.25, 0.3) is 0 Å². The van der Waals surface area contributed by atoms with Crippen molar-refractivity contribution in [1.82, 2.24) is 10.2 Å². The zero-order valence-corrected chi connectivity index (χ0v) is 23.0. The highest BCUT2D eigenvalue weighted by molar-refractivity contribution is 7.98. The van der Waals surface area contributed by atoms with Crippen molar-refractivity contribution in [3.8, 4) is 0 Å². The zero-order chi connectivity index (χ0) is 27.8. The first-order valence-electron chi connectivity index (χ1n) is 12.8. The molecule has 1 aliphatic heterocycles. The minimum Gasteiger partial charge on any atom is -0.463 e. The van der Waals surface area contributed by atoms with Gasteiger partial charge in [0.1, 0.15) is 0 Å². The zero-order valence-electron chi connectivity index (χ0n) is 22.2. The van der Waals surface area contributed by atoms with E-state index in [-0.39, 0.29) is 12.6 Å². The lowest BCUT2D eigenvalue weighted by atomic mass is 9.91. The summed E-state index contributed by atoms with van der Waals surface area (Å²) >= 11 is 1.62. The molecule has 0 bridgehead atoms. The lowest BCUT2D eigenvalue weighted by Crippen LogP contribution is -2.48. The fourth-order valence-corrected chi connectivity index (χ4v) is 4.85. The molecule has 0 spiro atoms. The lowest BCUT2D eigenvalue weighted by Gasteiger charge is -2.37. The van der Waals surface area contributed by atoms with Gasteiger partial charge in [0.2, 0.25) is 0 Å². The number of hydrogen-bond acceptors (Lipinski definition) is 5. The summed E-state index contributed by atoms with van der Waals surface area (Å²) in [6.07, 6.45) is 2.70. The van der Waals surface area contributed by atoms with Crippen molar-refractivity contribution >= 4 is 46.9 Å².